The Balaban J connectivity index is 1.98. The van der Waals surface area contributed by atoms with Crippen LogP contribution >= 0.6 is 0 Å². The Morgan fingerprint density at radius 2 is 1.87 bits per heavy atom. The molecular formula is C23H33N3O4. The molecule has 30 heavy (non-hydrogen) atoms. The lowest BCUT2D eigenvalue weighted by molar-refractivity contribution is -0.117. The van der Waals surface area contributed by atoms with E-state index in [9.17, 15) is 9.59 Å². The molecule has 1 amide bonds. The summed E-state index contributed by atoms with van der Waals surface area (Å²) >= 11 is 0. The SMILES string of the molecule is CCOC(=O)c1c(C)n(C)c2ccc(OC)c(NC(=O)CN3C[C@@H](C)C[C@H](C)C3)c12. The lowest BCUT2D eigenvalue weighted by atomic mass is 9.92. The van der Waals surface area contributed by atoms with Crippen LogP contribution in [0.2, 0.25) is 0 Å². The van der Waals surface area contributed by atoms with Crippen molar-refractivity contribution in [3.05, 3.63) is 23.4 Å². The quantitative estimate of drug-likeness (QED) is 0.730. The summed E-state index contributed by atoms with van der Waals surface area (Å²) in [6, 6.07) is 3.71. The molecule has 1 aromatic heterocycles. The summed E-state index contributed by atoms with van der Waals surface area (Å²) < 4.78 is 12.8. The summed E-state index contributed by atoms with van der Waals surface area (Å²) in [6.45, 7) is 10.5. The van der Waals surface area contributed by atoms with Crippen molar-refractivity contribution in [2.24, 2.45) is 18.9 Å². The molecule has 2 aromatic rings. The lowest BCUT2D eigenvalue weighted by Crippen LogP contribution is -2.42. The Kier molecular flexibility index (Phi) is 6.71. The maximum atomic E-state index is 13.0. The summed E-state index contributed by atoms with van der Waals surface area (Å²) in [6.07, 6.45) is 1.19. The van der Waals surface area contributed by atoms with Gasteiger partial charge in [-0.05, 0) is 44.2 Å². The Morgan fingerprint density at radius 3 is 2.47 bits per heavy atom. The zero-order valence-electron chi connectivity index (χ0n) is 18.9. The van der Waals surface area contributed by atoms with E-state index in [1.165, 1.54) is 6.42 Å². The highest BCUT2D eigenvalue weighted by molar-refractivity contribution is 6.14. The molecule has 1 aromatic carbocycles. The predicted molar refractivity (Wildman–Crippen MR) is 118 cm³/mol. The average Bonchev–Trinajstić information content (AvgIpc) is 2.92. The third kappa shape index (κ3) is 4.31. The predicted octanol–water partition coefficient (Wildman–Crippen LogP) is 3.59. The van der Waals surface area contributed by atoms with Gasteiger partial charge in [-0.3, -0.25) is 9.69 Å². The maximum absolute atomic E-state index is 13.0. The number of nitrogens with zero attached hydrogens (tertiary/aromatic N) is 2. The number of aryl methyl sites for hydroxylation is 1. The van der Waals surface area contributed by atoms with Gasteiger partial charge in [-0.25, -0.2) is 4.79 Å². The fraction of sp³-hybridized carbons (Fsp3) is 0.565. The molecule has 0 unspecified atom stereocenters. The zero-order valence-corrected chi connectivity index (χ0v) is 18.9. The highest BCUT2D eigenvalue weighted by Gasteiger charge is 2.27. The Morgan fingerprint density at radius 1 is 1.20 bits per heavy atom. The van der Waals surface area contributed by atoms with Crippen molar-refractivity contribution < 1.29 is 19.1 Å². The zero-order chi connectivity index (χ0) is 22.0. The number of hydrogen-bond donors (Lipinski definition) is 1. The largest absolute Gasteiger partial charge is 0.495 e. The standard InChI is InChI=1S/C23H33N3O4/c1-7-30-23(28)20-16(4)25(5)17-8-9-18(29-6)22(21(17)20)24-19(27)13-26-11-14(2)10-15(3)12-26/h8-9,14-15H,7,10-13H2,1-6H3,(H,24,27)/t14-,15-/m0/s1. The number of carbonyl (C=O) groups is 2. The lowest BCUT2D eigenvalue weighted by Gasteiger charge is -2.34. The molecule has 1 N–H and O–H groups in total. The number of aromatic nitrogens is 1. The average molecular weight is 416 g/mol. The molecule has 3 rings (SSSR count). The molecule has 7 nitrogen and oxygen atoms in total. The second kappa shape index (κ2) is 9.08. The summed E-state index contributed by atoms with van der Waals surface area (Å²) in [4.78, 5) is 27.9. The van der Waals surface area contributed by atoms with Crippen molar-refractivity contribution in [2.45, 2.75) is 34.1 Å². The number of rotatable bonds is 6. The number of carbonyl (C=O) groups excluding carboxylic acids is 2. The number of likely N-dealkylation sites (tertiary alicyclic amines) is 1. The molecule has 1 saturated heterocycles. The molecule has 1 aliphatic heterocycles. The third-order valence-electron chi connectivity index (χ3n) is 5.90. The van der Waals surface area contributed by atoms with Gasteiger partial charge in [-0.2, -0.15) is 0 Å². The minimum absolute atomic E-state index is 0.113. The van der Waals surface area contributed by atoms with Gasteiger partial charge in [0.25, 0.3) is 0 Å². The Labute approximate surface area is 178 Å². The number of anilines is 1. The van der Waals surface area contributed by atoms with Crippen molar-refractivity contribution in [3.63, 3.8) is 0 Å². The van der Waals surface area contributed by atoms with E-state index < -0.39 is 5.97 Å². The van der Waals surface area contributed by atoms with E-state index in [1.54, 1.807) is 14.0 Å². The van der Waals surface area contributed by atoms with E-state index in [-0.39, 0.29) is 12.5 Å². The Bertz CT molecular complexity index is 940. The van der Waals surface area contributed by atoms with Crippen molar-refractivity contribution in [3.8, 4) is 5.75 Å². The minimum atomic E-state index is -0.400. The number of nitrogens with one attached hydrogen (secondary N) is 1. The van der Waals surface area contributed by atoms with Gasteiger partial charge in [0.1, 0.15) is 5.75 Å². The first-order valence-electron chi connectivity index (χ1n) is 10.6. The number of esters is 1. The van der Waals surface area contributed by atoms with Crippen molar-refractivity contribution in [1.82, 2.24) is 9.47 Å². The molecule has 0 radical (unpaired) electrons. The first-order chi connectivity index (χ1) is 14.3. The van der Waals surface area contributed by atoms with Crippen LogP contribution in [0.1, 0.15) is 43.2 Å². The monoisotopic (exact) mass is 415 g/mol. The first-order valence-corrected chi connectivity index (χ1v) is 10.6. The number of hydrogen-bond acceptors (Lipinski definition) is 5. The highest BCUT2D eigenvalue weighted by atomic mass is 16.5. The van der Waals surface area contributed by atoms with Crippen LogP contribution in [0.3, 0.4) is 0 Å². The van der Waals surface area contributed by atoms with E-state index in [1.807, 2.05) is 30.7 Å². The fourth-order valence-corrected chi connectivity index (χ4v) is 4.68. The summed E-state index contributed by atoms with van der Waals surface area (Å²) in [5.74, 6) is 1.16. The van der Waals surface area contributed by atoms with E-state index in [0.29, 0.717) is 40.8 Å². The summed E-state index contributed by atoms with van der Waals surface area (Å²) in [7, 11) is 3.46. The smallest absolute Gasteiger partial charge is 0.340 e. The molecular weight excluding hydrogens is 382 g/mol. The second-order valence-corrected chi connectivity index (χ2v) is 8.47. The Hall–Kier alpha value is -2.54. The van der Waals surface area contributed by atoms with Gasteiger partial charge in [0.05, 0.1) is 37.0 Å². The topological polar surface area (TPSA) is 72.8 Å². The second-order valence-electron chi connectivity index (χ2n) is 8.47. The fourth-order valence-electron chi connectivity index (χ4n) is 4.68. The molecule has 0 saturated carbocycles. The number of piperidine rings is 1. The molecule has 1 aliphatic rings. The van der Waals surface area contributed by atoms with Gasteiger partial charge in [0.15, 0.2) is 0 Å². The van der Waals surface area contributed by atoms with Crippen molar-refractivity contribution >= 4 is 28.5 Å². The number of ether oxygens (including phenoxy) is 2. The molecule has 1 fully saturated rings. The van der Waals surface area contributed by atoms with Gasteiger partial charge in [0.2, 0.25) is 5.91 Å². The van der Waals surface area contributed by atoms with Crippen molar-refractivity contribution in [1.29, 1.82) is 0 Å². The molecule has 0 bridgehead atoms. The highest BCUT2D eigenvalue weighted by Crippen LogP contribution is 2.38. The molecule has 2 heterocycles. The van der Waals surface area contributed by atoms with Gasteiger partial charge >= 0.3 is 5.97 Å². The first kappa shape index (κ1) is 22.2. The molecule has 7 heteroatoms. The van der Waals surface area contributed by atoms with Crippen LogP contribution in [0.4, 0.5) is 5.69 Å². The number of methoxy groups -OCH3 is 1. The van der Waals surface area contributed by atoms with Crippen LogP contribution in [0.15, 0.2) is 12.1 Å². The number of fused-ring (bicyclic) bond motifs is 1. The maximum Gasteiger partial charge on any atom is 0.340 e. The van der Waals surface area contributed by atoms with E-state index in [0.717, 1.165) is 24.3 Å². The van der Waals surface area contributed by atoms with Gasteiger partial charge in [-0.15, -0.1) is 0 Å². The molecule has 0 spiro atoms. The summed E-state index contributed by atoms with van der Waals surface area (Å²) in [5.41, 5.74) is 2.60. The van der Waals surface area contributed by atoms with Crippen LogP contribution in [-0.2, 0) is 16.6 Å². The number of benzene rings is 1. The number of amides is 1. The van der Waals surface area contributed by atoms with E-state index in [4.69, 9.17) is 9.47 Å². The van der Waals surface area contributed by atoms with Crippen molar-refractivity contribution in [2.75, 3.05) is 38.7 Å². The third-order valence-corrected chi connectivity index (χ3v) is 5.90. The van der Waals surface area contributed by atoms with Crippen LogP contribution in [0.5, 0.6) is 5.75 Å². The summed E-state index contributed by atoms with van der Waals surface area (Å²) in [5, 5.41) is 3.69. The molecule has 0 aliphatic carbocycles. The van der Waals surface area contributed by atoms with Gasteiger partial charge in [0, 0.05) is 31.2 Å². The van der Waals surface area contributed by atoms with E-state index >= 15 is 0 Å². The molecule has 164 valence electrons. The van der Waals surface area contributed by atoms with Crippen LogP contribution in [0.25, 0.3) is 10.9 Å². The van der Waals surface area contributed by atoms with E-state index in [2.05, 4.69) is 24.1 Å². The van der Waals surface area contributed by atoms with Crippen LogP contribution in [-0.4, -0.2) is 54.7 Å². The normalized spacial score (nSPS) is 19.7. The van der Waals surface area contributed by atoms with Gasteiger partial charge < -0.3 is 19.4 Å². The van der Waals surface area contributed by atoms with Crippen LogP contribution < -0.4 is 10.1 Å². The minimum Gasteiger partial charge on any atom is -0.495 e. The van der Waals surface area contributed by atoms with Gasteiger partial charge in [-0.1, -0.05) is 13.8 Å². The molecule has 2 atom stereocenters. The van der Waals surface area contributed by atoms with Crippen LogP contribution in [0, 0.1) is 18.8 Å².